The van der Waals surface area contributed by atoms with Crippen LogP contribution in [0, 0.1) is 0 Å². The summed E-state index contributed by atoms with van der Waals surface area (Å²) in [6, 6.07) is -0.240. The molecule has 1 fully saturated rings. The van der Waals surface area contributed by atoms with Crippen molar-refractivity contribution < 1.29 is 14.7 Å². The van der Waals surface area contributed by atoms with Gasteiger partial charge in [0, 0.05) is 13.1 Å². The zero-order chi connectivity index (χ0) is 9.84. The van der Waals surface area contributed by atoms with Gasteiger partial charge in [-0.1, -0.05) is 6.58 Å². The molecular weight excluding hydrogens is 172 g/mol. The third-order valence-electron chi connectivity index (χ3n) is 1.87. The molecule has 1 saturated heterocycles. The zero-order valence-electron chi connectivity index (χ0n) is 7.19. The lowest BCUT2D eigenvalue weighted by Crippen LogP contribution is -2.38. The molecule has 5 nitrogen and oxygen atoms in total. The van der Waals surface area contributed by atoms with Gasteiger partial charge in [0.15, 0.2) is 5.78 Å². The van der Waals surface area contributed by atoms with E-state index in [-0.39, 0.29) is 12.6 Å². The standard InChI is InChI=1S/C8H12N2O3/c1-2-6(11)7(12)5-10-4-3-9-8(10)13/h2,7,12H,1,3-5H2,(H,9,13). The Morgan fingerprint density at radius 2 is 2.54 bits per heavy atom. The molecule has 0 aromatic heterocycles. The third kappa shape index (κ3) is 2.29. The van der Waals surface area contributed by atoms with E-state index in [0.29, 0.717) is 13.1 Å². The summed E-state index contributed by atoms with van der Waals surface area (Å²) in [6.45, 7) is 4.38. The molecule has 1 atom stereocenters. The van der Waals surface area contributed by atoms with Crippen LogP contribution in [-0.4, -0.2) is 47.6 Å². The van der Waals surface area contributed by atoms with Crippen LogP contribution in [0.3, 0.4) is 0 Å². The molecule has 13 heavy (non-hydrogen) atoms. The predicted molar refractivity (Wildman–Crippen MR) is 46.2 cm³/mol. The van der Waals surface area contributed by atoms with Crippen LogP contribution in [0.2, 0.25) is 0 Å². The summed E-state index contributed by atoms with van der Waals surface area (Å²) in [5.41, 5.74) is 0. The number of ketones is 1. The Morgan fingerprint density at radius 3 is 3.00 bits per heavy atom. The highest BCUT2D eigenvalue weighted by Gasteiger charge is 2.24. The van der Waals surface area contributed by atoms with E-state index in [4.69, 9.17) is 0 Å². The van der Waals surface area contributed by atoms with Crippen molar-refractivity contribution in [1.29, 1.82) is 0 Å². The number of β-amino-alcohol motifs (C(OH)–C–C–N with tert-alkyl or cyclic N) is 1. The molecule has 0 aromatic rings. The lowest BCUT2D eigenvalue weighted by molar-refractivity contribution is -0.122. The number of hydrogen-bond acceptors (Lipinski definition) is 3. The minimum Gasteiger partial charge on any atom is -0.383 e. The fourth-order valence-electron chi connectivity index (χ4n) is 1.12. The Labute approximate surface area is 76.0 Å². The predicted octanol–water partition coefficient (Wildman–Crippen LogP) is -0.872. The summed E-state index contributed by atoms with van der Waals surface area (Å²) >= 11 is 0. The van der Waals surface area contributed by atoms with Crippen molar-refractivity contribution in [2.45, 2.75) is 6.10 Å². The molecule has 1 unspecified atom stereocenters. The smallest absolute Gasteiger partial charge is 0.317 e. The summed E-state index contributed by atoms with van der Waals surface area (Å²) in [4.78, 5) is 23.3. The second-order valence-corrected chi connectivity index (χ2v) is 2.80. The van der Waals surface area contributed by atoms with Gasteiger partial charge in [0.1, 0.15) is 6.10 Å². The maximum atomic E-state index is 11.0. The van der Waals surface area contributed by atoms with E-state index >= 15 is 0 Å². The first-order chi connectivity index (χ1) is 6.15. The molecule has 0 bridgehead atoms. The van der Waals surface area contributed by atoms with Crippen molar-refractivity contribution >= 4 is 11.8 Å². The van der Waals surface area contributed by atoms with Gasteiger partial charge < -0.3 is 15.3 Å². The number of carbonyl (C=O) groups is 2. The van der Waals surface area contributed by atoms with E-state index in [1.54, 1.807) is 0 Å². The summed E-state index contributed by atoms with van der Waals surface area (Å²) in [5.74, 6) is -0.459. The first-order valence-corrected chi connectivity index (χ1v) is 4.02. The molecule has 72 valence electrons. The van der Waals surface area contributed by atoms with E-state index in [9.17, 15) is 14.7 Å². The Hall–Kier alpha value is -1.36. The highest BCUT2D eigenvalue weighted by Crippen LogP contribution is 1.99. The van der Waals surface area contributed by atoms with Gasteiger partial charge in [0.05, 0.1) is 6.54 Å². The van der Waals surface area contributed by atoms with Gasteiger partial charge >= 0.3 is 6.03 Å². The monoisotopic (exact) mass is 184 g/mol. The highest BCUT2D eigenvalue weighted by atomic mass is 16.3. The fraction of sp³-hybridized carbons (Fsp3) is 0.500. The van der Waals surface area contributed by atoms with Crippen LogP contribution in [-0.2, 0) is 4.79 Å². The van der Waals surface area contributed by atoms with Crippen molar-refractivity contribution in [3.05, 3.63) is 12.7 Å². The number of hydrogen-bond donors (Lipinski definition) is 2. The van der Waals surface area contributed by atoms with Crippen LogP contribution in [0.4, 0.5) is 4.79 Å². The van der Waals surface area contributed by atoms with Gasteiger partial charge in [-0.15, -0.1) is 0 Å². The number of aliphatic hydroxyl groups is 1. The Balaban J connectivity index is 2.43. The average Bonchev–Trinajstić information content (AvgIpc) is 2.50. The molecule has 0 aliphatic carbocycles. The van der Waals surface area contributed by atoms with E-state index in [1.165, 1.54) is 4.90 Å². The molecule has 1 heterocycles. The molecular formula is C8H12N2O3. The molecule has 0 spiro atoms. The van der Waals surface area contributed by atoms with Crippen LogP contribution in [0.5, 0.6) is 0 Å². The Bertz CT molecular complexity index is 240. The second-order valence-electron chi connectivity index (χ2n) is 2.80. The summed E-state index contributed by atoms with van der Waals surface area (Å²) in [6.07, 6.45) is -0.0973. The van der Waals surface area contributed by atoms with E-state index in [2.05, 4.69) is 11.9 Å². The maximum Gasteiger partial charge on any atom is 0.317 e. The van der Waals surface area contributed by atoms with Crippen LogP contribution < -0.4 is 5.32 Å². The number of nitrogens with one attached hydrogen (secondary N) is 1. The molecule has 0 radical (unpaired) electrons. The van der Waals surface area contributed by atoms with Crippen molar-refractivity contribution in [3.63, 3.8) is 0 Å². The molecule has 1 aliphatic rings. The van der Waals surface area contributed by atoms with E-state index in [0.717, 1.165) is 6.08 Å². The van der Waals surface area contributed by atoms with E-state index < -0.39 is 11.9 Å². The minimum atomic E-state index is -1.15. The van der Waals surface area contributed by atoms with Gasteiger partial charge in [-0.25, -0.2) is 4.79 Å². The van der Waals surface area contributed by atoms with Crippen molar-refractivity contribution in [3.8, 4) is 0 Å². The van der Waals surface area contributed by atoms with E-state index in [1.807, 2.05) is 0 Å². The molecule has 0 aromatic carbocycles. The lowest BCUT2D eigenvalue weighted by Gasteiger charge is -2.16. The zero-order valence-corrected chi connectivity index (χ0v) is 7.19. The molecule has 0 saturated carbocycles. The number of aliphatic hydroxyl groups excluding tert-OH is 1. The largest absolute Gasteiger partial charge is 0.383 e. The fourth-order valence-corrected chi connectivity index (χ4v) is 1.12. The Kier molecular flexibility index (Phi) is 3.02. The number of nitrogens with zero attached hydrogens (tertiary/aromatic N) is 1. The maximum absolute atomic E-state index is 11.0. The summed E-state index contributed by atoms with van der Waals surface area (Å²) < 4.78 is 0. The summed E-state index contributed by atoms with van der Waals surface area (Å²) in [7, 11) is 0. The Morgan fingerprint density at radius 1 is 1.85 bits per heavy atom. The normalized spacial score (nSPS) is 18.2. The van der Waals surface area contributed by atoms with Gasteiger partial charge in [0.25, 0.3) is 0 Å². The molecule has 1 rings (SSSR count). The first kappa shape index (κ1) is 9.73. The van der Waals surface area contributed by atoms with Crippen LogP contribution in [0.1, 0.15) is 0 Å². The van der Waals surface area contributed by atoms with Gasteiger partial charge in [-0.2, -0.15) is 0 Å². The SMILES string of the molecule is C=CC(=O)C(O)CN1CCNC1=O. The van der Waals surface area contributed by atoms with Gasteiger partial charge in [-0.3, -0.25) is 4.79 Å². The van der Waals surface area contributed by atoms with Crippen molar-refractivity contribution in [2.75, 3.05) is 19.6 Å². The number of rotatable bonds is 4. The van der Waals surface area contributed by atoms with Gasteiger partial charge in [0.2, 0.25) is 0 Å². The average molecular weight is 184 g/mol. The third-order valence-corrected chi connectivity index (χ3v) is 1.87. The second kappa shape index (κ2) is 4.04. The molecule has 2 N–H and O–H groups in total. The number of amides is 2. The van der Waals surface area contributed by atoms with Crippen molar-refractivity contribution in [2.24, 2.45) is 0 Å². The van der Waals surface area contributed by atoms with Crippen LogP contribution in [0.25, 0.3) is 0 Å². The quantitative estimate of drug-likeness (QED) is 0.558. The van der Waals surface area contributed by atoms with Crippen LogP contribution in [0.15, 0.2) is 12.7 Å². The molecule has 2 amide bonds. The molecule has 1 aliphatic heterocycles. The molecule has 5 heteroatoms. The highest BCUT2D eigenvalue weighted by molar-refractivity contribution is 5.93. The number of urea groups is 1. The topological polar surface area (TPSA) is 69.6 Å². The number of carbonyl (C=O) groups excluding carboxylic acids is 2. The lowest BCUT2D eigenvalue weighted by atomic mass is 10.2. The van der Waals surface area contributed by atoms with Crippen molar-refractivity contribution in [1.82, 2.24) is 10.2 Å². The summed E-state index contributed by atoms with van der Waals surface area (Å²) in [5, 5.41) is 11.8. The van der Waals surface area contributed by atoms with Crippen LogP contribution >= 0.6 is 0 Å². The first-order valence-electron chi connectivity index (χ1n) is 4.02. The van der Waals surface area contributed by atoms with Gasteiger partial charge in [-0.05, 0) is 6.08 Å². The minimum absolute atomic E-state index is 0.0384.